The summed E-state index contributed by atoms with van der Waals surface area (Å²) in [6.45, 7) is 2.43. The van der Waals surface area contributed by atoms with E-state index in [4.69, 9.17) is 0 Å². The highest BCUT2D eigenvalue weighted by molar-refractivity contribution is 5.74. The lowest BCUT2D eigenvalue weighted by molar-refractivity contribution is 0.162. The summed E-state index contributed by atoms with van der Waals surface area (Å²) in [6.07, 6.45) is 8.32. The van der Waals surface area contributed by atoms with Crippen LogP contribution in [0.3, 0.4) is 0 Å². The highest BCUT2D eigenvalue weighted by Gasteiger charge is 2.18. The van der Waals surface area contributed by atoms with Gasteiger partial charge in [0.2, 0.25) is 0 Å². The van der Waals surface area contributed by atoms with E-state index in [0.29, 0.717) is 6.54 Å². The van der Waals surface area contributed by atoms with Gasteiger partial charge in [-0.05, 0) is 24.5 Å². The molecule has 0 unspecified atom stereocenters. The largest absolute Gasteiger partial charge is 0.325 e. The van der Waals surface area contributed by atoms with Crippen molar-refractivity contribution in [2.45, 2.75) is 32.2 Å². The molecule has 4 heteroatoms. The lowest BCUT2D eigenvalue weighted by atomic mass is 10.2. The van der Waals surface area contributed by atoms with Crippen LogP contribution in [-0.2, 0) is 6.54 Å². The van der Waals surface area contributed by atoms with E-state index in [9.17, 15) is 4.79 Å². The lowest BCUT2D eigenvalue weighted by Gasteiger charge is -2.27. The van der Waals surface area contributed by atoms with Gasteiger partial charge >= 0.3 is 6.03 Å². The molecule has 1 aliphatic rings. The number of hydrogen-bond donors (Lipinski definition) is 0. The second kappa shape index (κ2) is 6.38. The minimum absolute atomic E-state index is 0.140. The fraction of sp³-hybridized carbons (Fsp3) is 0.571. The van der Waals surface area contributed by atoms with Crippen LogP contribution in [-0.4, -0.2) is 41.0 Å². The van der Waals surface area contributed by atoms with Crippen molar-refractivity contribution in [1.29, 1.82) is 0 Å². The molecular weight excluding hydrogens is 226 g/mol. The number of likely N-dealkylation sites (tertiary alicyclic amines) is 1. The number of nitrogens with zero attached hydrogens (tertiary/aromatic N) is 3. The number of aromatic nitrogens is 1. The molecule has 2 amide bonds. The van der Waals surface area contributed by atoms with Crippen molar-refractivity contribution in [3.05, 3.63) is 30.1 Å². The molecular formula is C14H21N3O. The van der Waals surface area contributed by atoms with Crippen molar-refractivity contribution >= 4 is 6.03 Å². The second-order valence-electron chi connectivity index (χ2n) is 4.90. The molecule has 1 aromatic rings. The number of pyridine rings is 1. The molecule has 1 fully saturated rings. The van der Waals surface area contributed by atoms with Gasteiger partial charge < -0.3 is 9.80 Å². The smallest absolute Gasteiger partial charge is 0.320 e. The van der Waals surface area contributed by atoms with Gasteiger partial charge in [0, 0.05) is 39.1 Å². The molecule has 0 N–H and O–H groups in total. The highest BCUT2D eigenvalue weighted by Crippen LogP contribution is 2.12. The van der Waals surface area contributed by atoms with Gasteiger partial charge in [0.05, 0.1) is 0 Å². The predicted octanol–water partition coefficient (Wildman–Crippen LogP) is 2.51. The van der Waals surface area contributed by atoms with E-state index >= 15 is 0 Å². The third-order valence-electron chi connectivity index (χ3n) is 3.35. The van der Waals surface area contributed by atoms with E-state index in [2.05, 4.69) is 4.98 Å². The van der Waals surface area contributed by atoms with Gasteiger partial charge in [-0.2, -0.15) is 0 Å². The van der Waals surface area contributed by atoms with Crippen LogP contribution in [0, 0.1) is 0 Å². The maximum Gasteiger partial charge on any atom is 0.320 e. The zero-order chi connectivity index (χ0) is 12.8. The molecule has 98 valence electrons. The van der Waals surface area contributed by atoms with E-state index in [1.165, 1.54) is 12.8 Å². The first kappa shape index (κ1) is 12.9. The molecule has 1 aliphatic heterocycles. The summed E-state index contributed by atoms with van der Waals surface area (Å²) < 4.78 is 0. The van der Waals surface area contributed by atoms with Crippen LogP contribution >= 0.6 is 0 Å². The maximum atomic E-state index is 12.3. The SMILES string of the molecule is CN(Cc1cccnc1)C(=O)N1CCCCCC1. The van der Waals surface area contributed by atoms with Gasteiger partial charge in [0.1, 0.15) is 0 Å². The average Bonchev–Trinajstić information content (AvgIpc) is 2.68. The first-order valence-electron chi connectivity index (χ1n) is 6.66. The Kier molecular flexibility index (Phi) is 4.56. The monoisotopic (exact) mass is 247 g/mol. The summed E-state index contributed by atoms with van der Waals surface area (Å²) in [5, 5.41) is 0. The van der Waals surface area contributed by atoms with Crippen molar-refractivity contribution in [2.24, 2.45) is 0 Å². The van der Waals surface area contributed by atoms with E-state index in [1.807, 2.05) is 30.3 Å². The lowest BCUT2D eigenvalue weighted by Crippen LogP contribution is -2.41. The van der Waals surface area contributed by atoms with Crippen LogP contribution in [0.2, 0.25) is 0 Å². The number of carbonyl (C=O) groups is 1. The summed E-state index contributed by atoms with van der Waals surface area (Å²) in [6, 6.07) is 4.04. The first-order valence-corrected chi connectivity index (χ1v) is 6.66. The van der Waals surface area contributed by atoms with Gasteiger partial charge in [-0.1, -0.05) is 18.9 Å². The zero-order valence-corrected chi connectivity index (χ0v) is 11.0. The van der Waals surface area contributed by atoms with Gasteiger partial charge in [-0.3, -0.25) is 4.98 Å². The van der Waals surface area contributed by atoms with E-state index in [0.717, 1.165) is 31.5 Å². The Morgan fingerprint density at radius 1 is 1.33 bits per heavy atom. The third kappa shape index (κ3) is 3.45. The van der Waals surface area contributed by atoms with Crippen molar-refractivity contribution in [3.8, 4) is 0 Å². The molecule has 0 bridgehead atoms. The Morgan fingerprint density at radius 2 is 2.06 bits per heavy atom. The minimum Gasteiger partial charge on any atom is -0.325 e. The number of amides is 2. The van der Waals surface area contributed by atoms with Crippen LogP contribution in [0.5, 0.6) is 0 Å². The molecule has 0 saturated carbocycles. The summed E-state index contributed by atoms with van der Waals surface area (Å²) >= 11 is 0. The molecule has 4 nitrogen and oxygen atoms in total. The Bertz CT molecular complexity index is 372. The first-order chi connectivity index (χ1) is 8.77. The maximum absolute atomic E-state index is 12.3. The Morgan fingerprint density at radius 3 is 2.67 bits per heavy atom. The van der Waals surface area contributed by atoms with Crippen LogP contribution in [0.15, 0.2) is 24.5 Å². The Hall–Kier alpha value is -1.58. The summed E-state index contributed by atoms with van der Waals surface area (Å²) in [4.78, 5) is 20.1. The van der Waals surface area contributed by atoms with Crippen LogP contribution in [0.1, 0.15) is 31.2 Å². The van der Waals surface area contributed by atoms with E-state index in [1.54, 1.807) is 11.1 Å². The molecule has 18 heavy (non-hydrogen) atoms. The van der Waals surface area contributed by atoms with Crippen molar-refractivity contribution in [1.82, 2.24) is 14.8 Å². The average molecular weight is 247 g/mol. The van der Waals surface area contributed by atoms with E-state index in [-0.39, 0.29) is 6.03 Å². The third-order valence-corrected chi connectivity index (χ3v) is 3.35. The predicted molar refractivity (Wildman–Crippen MR) is 71.1 cm³/mol. The number of rotatable bonds is 2. The van der Waals surface area contributed by atoms with Gasteiger partial charge in [0.25, 0.3) is 0 Å². The molecule has 0 radical (unpaired) electrons. The fourth-order valence-corrected chi connectivity index (χ4v) is 2.34. The Labute approximate surface area is 109 Å². The summed E-state index contributed by atoms with van der Waals surface area (Å²) in [7, 11) is 1.86. The summed E-state index contributed by atoms with van der Waals surface area (Å²) in [5.41, 5.74) is 1.07. The Balaban J connectivity index is 1.91. The van der Waals surface area contributed by atoms with Crippen LogP contribution < -0.4 is 0 Å². The topological polar surface area (TPSA) is 36.4 Å². The normalized spacial score (nSPS) is 16.2. The fourth-order valence-electron chi connectivity index (χ4n) is 2.34. The molecule has 0 aromatic carbocycles. The van der Waals surface area contributed by atoms with Gasteiger partial charge in [0.15, 0.2) is 0 Å². The van der Waals surface area contributed by atoms with Crippen molar-refractivity contribution < 1.29 is 4.79 Å². The second-order valence-corrected chi connectivity index (χ2v) is 4.90. The standard InChI is InChI=1S/C14H21N3O/c1-16(12-13-7-6-8-15-11-13)14(18)17-9-4-2-3-5-10-17/h6-8,11H,2-5,9-10,12H2,1H3. The molecule has 1 saturated heterocycles. The number of carbonyl (C=O) groups excluding carboxylic acids is 1. The zero-order valence-electron chi connectivity index (χ0n) is 11.0. The molecule has 1 aromatic heterocycles. The van der Waals surface area contributed by atoms with Crippen LogP contribution in [0.25, 0.3) is 0 Å². The van der Waals surface area contributed by atoms with Gasteiger partial charge in [-0.25, -0.2) is 4.79 Å². The molecule has 0 aliphatic carbocycles. The molecule has 0 atom stereocenters. The van der Waals surface area contributed by atoms with Crippen LogP contribution in [0.4, 0.5) is 4.79 Å². The molecule has 0 spiro atoms. The van der Waals surface area contributed by atoms with Crippen molar-refractivity contribution in [2.75, 3.05) is 20.1 Å². The number of urea groups is 1. The summed E-state index contributed by atoms with van der Waals surface area (Å²) in [5.74, 6) is 0. The van der Waals surface area contributed by atoms with Crippen molar-refractivity contribution in [3.63, 3.8) is 0 Å². The number of hydrogen-bond acceptors (Lipinski definition) is 2. The minimum atomic E-state index is 0.140. The highest BCUT2D eigenvalue weighted by atomic mass is 16.2. The molecule has 2 rings (SSSR count). The molecule has 2 heterocycles. The van der Waals surface area contributed by atoms with E-state index < -0.39 is 0 Å². The quantitative estimate of drug-likeness (QED) is 0.805. The van der Waals surface area contributed by atoms with Gasteiger partial charge in [-0.15, -0.1) is 0 Å².